The summed E-state index contributed by atoms with van der Waals surface area (Å²) in [7, 11) is 0. The molecule has 1 aromatic heterocycles. The third kappa shape index (κ3) is 5.60. The fraction of sp³-hybridized carbons (Fsp3) is 0.429. The van der Waals surface area contributed by atoms with E-state index in [0.717, 1.165) is 12.0 Å². The lowest BCUT2D eigenvalue weighted by Gasteiger charge is -2.06. The van der Waals surface area contributed by atoms with Crippen LogP contribution in [0.4, 0.5) is 0 Å². The Morgan fingerprint density at radius 2 is 2.40 bits per heavy atom. The van der Waals surface area contributed by atoms with Crippen LogP contribution in [0.5, 0.6) is 0 Å². The monoisotopic (exact) mass is 277 g/mol. The Morgan fingerprint density at radius 3 is 2.95 bits per heavy atom. The second kappa shape index (κ2) is 8.79. The van der Waals surface area contributed by atoms with Crippen LogP contribution in [0, 0.1) is 5.53 Å². The predicted octanol–water partition coefficient (Wildman–Crippen LogP) is 3.41. The molecule has 1 heterocycles. The van der Waals surface area contributed by atoms with E-state index < -0.39 is 12.0 Å². The molecule has 0 radical (unpaired) electrons. The molecule has 1 rings (SSSR count). The van der Waals surface area contributed by atoms with E-state index in [9.17, 15) is 4.79 Å². The molecular formula is C14H19N3O3. The summed E-state index contributed by atoms with van der Waals surface area (Å²) < 4.78 is 5.21. The van der Waals surface area contributed by atoms with Gasteiger partial charge in [-0.25, -0.2) is 10.3 Å². The number of carbonyl (C=O) groups is 1. The van der Waals surface area contributed by atoms with Gasteiger partial charge >= 0.3 is 5.97 Å². The first-order valence-corrected chi connectivity index (χ1v) is 6.50. The van der Waals surface area contributed by atoms with Crippen molar-refractivity contribution < 1.29 is 14.3 Å². The number of nitrogens with zero attached hydrogens (tertiary/aromatic N) is 2. The maximum Gasteiger partial charge on any atom is 0.328 e. The summed E-state index contributed by atoms with van der Waals surface area (Å²) in [6.07, 6.45) is 6.66. The normalized spacial score (nSPS) is 13.6. The number of nitrogens with one attached hydrogen (secondary N) is 1. The Labute approximate surface area is 117 Å². The largest absolute Gasteiger partial charge is 0.480 e. The van der Waals surface area contributed by atoms with E-state index in [4.69, 9.17) is 15.1 Å². The summed E-state index contributed by atoms with van der Waals surface area (Å²) in [5, 5.41) is 12.3. The molecule has 0 aliphatic heterocycles. The molecule has 0 aliphatic rings. The minimum atomic E-state index is -0.959. The minimum absolute atomic E-state index is 0.335. The Bertz CT molecular complexity index is 478. The molecule has 0 amide bonds. The number of carboxylic acids is 1. The molecule has 0 saturated heterocycles. The number of hydrogen-bond acceptors (Lipinski definition) is 5. The SMILES string of the molecule is CC/C(C=N[C@@H](CCCN=N)C(=O)O)=C\c1ccco1. The van der Waals surface area contributed by atoms with Crippen LogP contribution in [0.25, 0.3) is 6.08 Å². The van der Waals surface area contributed by atoms with Gasteiger partial charge in [0.15, 0.2) is 0 Å². The van der Waals surface area contributed by atoms with E-state index in [2.05, 4.69) is 10.1 Å². The van der Waals surface area contributed by atoms with Crippen LogP contribution >= 0.6 is 0 Å². The summed E-state index contributed by atoms with van der Waals surface area (Å²) in [4.78, 5) is 15.2. The minimum Gasteiger partial charge on any atom is -0.480 e. The van der Waals surface area contributed by atoms with Gasteiger partial charge in [-0.3, -0.25) is 4.99 Å². The Morgan fingerprint density at radius 1 is 1.60 bits per heavy atom. The van der Waals surface area contributed by atoms with Crippen LogP contribution in [-0.4, -0.2) is 29.9 Å². The molecular weight excluding hydrogens is 258 g/mol. The molecule has 0 bridgehead atoms. The van der Waals surface area contributed by atoms with E-state index in [1.54, 1.807) is 18.5 Å². The zero-order chi connectivity index (χ0) is 14.8. The second-order valence-electron chi connectivity index (χ2n) is 4.24. The number of carboxylic acid groups (broad SMARTS) is 1. The van der Waals surface area contributed by atoms with Gasteiger partial charge in [0.2, 0.25) is 0 Å². The molecule has 6 nitrogen and oxygen atoms in total. The number of aliphatic imine (C=N–C) groups is 1. The van der Waals surface area contributed by atoms with Crippen molar-refractivity contribution in [2.24, 2.45) is 10.1 Å². The van der Waals surface area contributed by atoms with E-state index in [1.165, 1.54) is 0 Å². The topological polar surface area (TPSA) is 99.0 Å². The molecule has 0 aromatic carbocycles. The van der Waals surface area contributed by atoms with Gasteiger partial charge in [-0.1, -0.05) is 6.92 Å². The van der Waals surface area contributed by atoms with Crippen molar-refractivity contribution >= 4 is 18.3 Å². The van der Waals surface area contributed by atoms with Gasteiger partial charge in [0.1, 0.15) is 11.8 Å². The van der Waals surface area contributed by atoms with Gasteiger partial charge in [0.25, 0.3) is 0 Å². The van der Waals surface area contributed by atoms with Crippen LogP contribution in [-0.2, 0) is 4.79 Å². The first kappa shape index (κ1) is 15.8. The average Bonchev–Trinajstić information content (AvgIpc) is 2.93. The number of rotatable bonds is 9. The highest BCUT2D eigenvalue weighted by Gasteiger charge is 2.14. The smallest absolute Gasteiger partial charge is 0.328 e. The third-order valence-electron chi connectivity index (χ3n) is 2.73. The number of aliphatic carboxylic acids is 1. The van der Waals surface area contributed by atoms with E-state index in [1.807, 2.05) is 19.1 Å². The van der Waals surface area contributed by atoms with Gasteiger partial charge in [-0.05, 0) is 43.0 Å². The lowest BCUT2D eigenvalue weighted by Crippen LogP contribution is -2.18. The van der Waals surface area contributed by atoms with Gasteiger partial charge in [0.05, 0.1) is 12.8 Å². The zero-order valence-electron chi connectivity index (χ0n) is 11.5. The Kier molecular flexibility index (Phi) is 6.95. The summed E-state index contributed by atoms with van der Waals surface area (Å²) >= 11 is 0. The van der Waals surface area contributed by atoms with Crippen LogP contribution in [0.1, 0.15) is 31.9 Å². The molecule has 0 saturated carbocycles. The lowest BCUT2D eigenvalue weighted by atomic mass is 10.1. The highest BCUT2D eigenvalue weighted by atomic mass is 16.4. The highest BCUT2D eigenvalue weighted by Crippen LogP contribution is 2.10. The van der Waals surface area contributed by atoms with Gasteiger partial charge < -0.3 is 9.52 Å². The first-order valence-electron chi connectivity index (χ1n) is 6.50. The van der Waals surface area contributed by atoms with Crippen molar-refractivity contribution in [3.63, 3.8) is 0 Å². The molecule has 6 heteroatoms. The van der Waals surface area contributed by atoms with Crippen LogP contribution in [0.2, 0.25) is 0 Å². The van der Waals surface area contributed by atoms with E-state index in [0.29, 0.717) is 25.1 Å². The third-order valence-corrected chi connectivity index (χ3v) is 2.73. The van der Waals surface area contributed by atoms with Crippen molar-refractivity contribution in [2.75, 3.05) is 6.54 Å². The summed E-state index contributed by atoms with van der Waals surface area (Å²) in [5.74, 6) is -0.243. The van der Waals surface area contributed by atoms with Crippen molar-refractivity contribution in [3.8, 4) is 0 Å². The second-order valence-corrected chi connectivity index (χ2v) is 4.24. The molecule has 1 atom stereocenters. The quantitative estimate of drug-likeness (QED) is 0.411. The molecule has 0 unspecified atom stereocenters. The summed E-state index contributed by atoms with van der Waals surface area (Å²) in [5.41, 5.74) is 7.58. The first-order chi connectivity index (χ1) is 9.67. The molecule has 0 fully saturated rings. The average molecular weight is 277 g/mol. The highest BCUT2D eigenvalue weighted by molar-refractivity contribution is 5.87. The summed E-state index contributed by atoms with van der Waals surface area (Å²) in [6.45, 7) is 2.30. The molecule has 1 aromatic rings. The maximum absolute atomic E-state index is 11.1. The Hall–Kier alpha value is -2.24. The van der Waals surface area contributed by atoms with Gasteiger partial charge in [-0.2, -0.15) is 5.11 Å². The van der Waals surface area contributed by atoms with Crippen LogP contribution in [0.15, 0.2) is 38.5 Å². The van der Waals surface area contributed by atoms with E-state index >= 15 is 0 Å². The molecule has 20 heavy (non-hydrogen) atoms. The van der Waals surface area contributed by atoms with Gasteiger partial charge in [0, 0.05) is 6.21 Å². The van der Waals surface area contributed by atoms with Crippen molar-refractivity contribution in [1.82, 2.24) is 0 Å². The summed E-state index contributed by atoms with van der Waals surface area (Å²) in [6, 6.07) is 2.83. The zero-order valence-corrected chi connectivity index (χ0v) is 11.5. The van der Waals surface area contributed by atoms with Gasteiger partial charge in [-0.15, -0.1) is 0 Å². The van der Waals surface area contributed by atoms with Crippen molar-refractivity contribution in [3.05, 3.63) is 29.7 Å². The number of furan rings is 1. The predicted molar refractivity (Wildman–Crippen MR) is 76.1 cm³/mol. The van der Waals surface area contributed by atoms with Crippen LogP contribution < -0.4 is 0 Å². The fourth-order valence-electron chi connectivity index (χ4n) is 1.60. The Balaban J connectivity index is 2.69. The van der Waals surface area contributed by atoms with E-state index in [-0.39, 0.29) is 0 Å². The lowest BCUT2D eigenvalue weighted by molar-refractivity contribution is -0.138. The maximum atomic E-state index is 11.1. The van der Waals surface area contributed by atoms with Crippen LogP contribution in [0.3, 0.4) is 0 Å². The molecule has 0 aliphatic carbocycles. The van der Waals surface area contributed by atoms with Crippen molar-refractivity contribution in [2.45, 2.75) is 32.2 Å². The fourth-order valence-corrected chi connectivity index (χ4v) is 1.60. The number of hydrogen-bond donors (Lipinski definition) is 2. The standard InChI is InChI=1S/C14H19N3O3/c1-2-11(9-12-5-4-8-20-12)10-16-13(14(18)19)6-3-7-17-15/h4-5,8-10,13,15H,2-3,6-7H2,1H3,(H,18,19)/b11-9+,16-10?,17-15?/t13-/m0/s1. The molecule has 2 N–H and O–H groups in total. The van der Waals surface area contributed by atoms with Crippen molar-refractivity contribution in [1.29, 1.82) is 5.53 Å². The molecule has 0 spiro atoms. The number of allylic oxidation sites excluding steroid dienone is 1. The molecule has 108 valence electrons.